The highest BCUT2D eigenvalue weighted by Crippen LogP contribution is 2.20. The SMILES string of the molecule is C=CCn1c(CN)nnc1SCc1cnc(C)cn1.Cl. The number of thioether (sulfide) groups is 1. The summed E-state index contributed by atoms with van der Waals surface area (Å²) in [4.78, 5) is 8.53. The number of halogens is 1. The van der Waals surface area contributed by atoms with E-state index in [0.29, 0.717) is 18.8 Å². The van der Waals surface area contributed by atoms with Gasteiger partial charge in [-0.05, 0) is 6.92 Å². The van der Waals surface area contributed by atoms with E-state index in [1.165, 1.54) is 0 Å². The molecule has 8 heteroatoms. The highest BCUT2D eigenvalue weighted by atomic mass is 35.5. The van der Waals surface area contributed by atoms with Crippen molar-refractivity contribution in [2.75, 3.05) is 0 Å². The monoisotopic (exact) mass is 312 g/mol. The van der Waals surface area contributed by atoms with Crippen LogP contribution in [-0.2, 0) is 18.8 Å². The Balaban J connectivity index is 0.00000200. The lowest BCUT2D eigenvalue weighted by atomic mass is 10.4. The average molecular weight is 313 g/mol. The Kier molecular flexibility index (Phi) is 6.63. The summed E-state index contributed by atoms with van der Waals surface area (Å²) in [6, 6.07) is 0. The minimum atomic E-state index is 0. The first kappa shape index (κ1) is 16.6. The fourth-order valence-corrected chi connectivity index (χ4v) is 2.38. The number of aryl methyl sites for hydroxylation is 1. The van der Waals surface area contributed by atoms with Gasteiger partial charge in [-0.1, -0.05) is 17.8 Å². The van der Waals surface area contributed by atoms with Crippen LogP contribution in [0.5, 0.6) is 0 Å². The van der Waals surface area contributed by atoms with Crippen molar-refractivity contribution in [2.45, 2.75) is 30.9 Å². The highest BCUT2D eigenvalue weighted by molar-refractivity contribution is 7.98. The Labute approximate surface area is 128 Å². The molecule has 0 aliphatic heterocycles. The van der Waals surface area contributed by atoms with E-state index in [1.807, 2.05) is 11.5 Å². The van der Waals surface area contributed by atoms with Gasteiger partial charge in [-0.3, -0.25) is 9.97 Å². The predicted molar refractivity (Wildman–Crippen MR) is 81.7 cm³/mol. The number of hydrogen-bond donors (Lipinski definition) is 1. The van der Waals surface area contributed by atoms with E-state index in [9.17, 15) is 0 Å². The van der Waals surface area contributed by atoms with Crippen LogP contribution in [0.3, 0.4) is 0 Å². The van der Waals surface area contributed by atoms with Crippen LogP contribution in [0.15, 0.2) is 30.2 Å². The number of rotatable bonds is 6. The zero-order valence-electron chi connectivity index (χ0n) is 11.2. The summed E-state index contributed by atoms with van der Waals surface area (Å²) < 4.78 is 1.96. The summed E-state index contributed by atoms with van der Waals surface area (Å²) in [5.74, 6) is 1.46. The fourth-order valence-electron chi connectivity index (χ4n) is 1.52. The average Bonchev–Trinajstić information content (AvgIpc) is 2.81. The largest absolute Gasteiger partial charge is 0.324 e. The van der Waals surface area contributed by atoms with Crippen LogP contribution in [0.2, 0.25) is 0 Å². The molecule has 2 heterocycles. The van der Waals surface area contributed by atoms with Crippen molar-refractivity contribution >= 4 is 24.2 Å². The molecule has 0 aliphatic carbocycles. The third kappa shape index (κ3) is 4.03. The van der Waals surface area contributed by atoms with Crippen LogP contribution in [-0.4, -0.2) is 24.7 Å². The molecular weight excluding hydrogens is 296 g/mol. The lowest BCUT2D eigenvalue weighted by molar-refractivity contribution is 0.680. The van der Waals surface area contributed by atoms with Crippen molar-refractivity contribution < 1.29 is 0 Å². The van der Waals surface area contributed by atoms with Gasteiger partial charge in [0.25, 0.3) is 0 Å². The van der Waals surface area contributed by atoms with E-state index >= 15 is 0 Å². The second-order valence-corrected chi connectivity index (χ2v) is 4.88. The summed E-state index contributed by atoms with van der Waals surface area (Å²) in [6.45, 7) is 6.67. The first-order chi connectivity index (χ1) is 9.24. The van der Waals surface area contributed by atoms with Gasteiger partial charge in [-0.2, -0.15) is 0 Å². The van der Waals surface area contributed by atoms with Gasteiger partial charge in [-0.15, -0.1) is 29.2 Å². The molecule has 0 aliphatic rings. The van der Waals surface area contributed by atoms with E-state index in [-0.39, 0.29) is 12.4 Å². The molecule has 0 aromatic carbocycles. The summed E-state index contributed by atoms with van der Waals surface area (Å²) in [5.41, 5.74) is 7.45. The van der Waals surface area contributed by atoms with Crippen molar-refractivity contribution in [2.24, 2.45) is 5.73 Å². The smallest absolute Gasteiger partial charge is 0.191 e. The standard InChI is InChI=1S/C12H16N6S.ClH/c1-3-4-18-11(5-13)16-17-12(18)19-8-10-7-14-9(2)6-15-10;/h3,6-7H,1,4-5,8,13H2,2H3;1H. The molecule has 0 fully saturated rings. The van der Waals surface area contributed by atoms with Crippen LogP contribution in [0.25, 0.3) is 0 Å². The molecule has 2 aromatic heterocycles. The van der Waals surface area contributed by atoms with Crippen molar-refractivity contribution in [3.63, 3.8) is 0 Å². The minimum absolute atomic E-state index is 0. The summed E-state index contributed by atoms with van der Waals surface area (Å²) in [6.07, 6.45) is 5.34. The molecule has 6 nitrogen and oxygen atoms in total. The molecule has 0 saturated heterocycles. The van der Waals surface area contributed by atoms with Crippen molar-refractivity contribution in [3.8, 4) is 0 Å². The van der Waals surface area contributed by atoms with Gasteiger partial charge in [0.15, 0.2) is 5.16 Å². The molecular formula is C12H17ClN6S. The van der Waals surface area contributed by atoms with Gasteiger partial charge in [0.2, 0.25) is 0 Å². The number of nitrogens with two attached hydrogens (primary N) is 1. The lowest BCUT2D eigenvalue weighted by Crippen LogP contribution is -2.08. The third-order valence-corrected chi connectivity index (χ3v) is 3.47. The number of nitrogens with zero attached hydrogens (tertiary/aromatic N) is 5. The third-order valence-electron chi connectivity index (χ3n) is 2.47. The fraction of sp³-hybridized carbons (Fsp3) is 0.333. The van der Waals surface area contributed by atoms with Gasteiger partial charge < -0.3 is 10.3 Å². The number of allylic oxidation sites excluding steroid dienone is 1. The number of hydrogen-bond acceptors (Lipinski definition) is 6. The second kappa shape index (κ2) is 7.98. The highest BCUT2D eigenvalue weighted by Gasteiger charge is 2.10. The van der Waals surface area contributed by atoms with Gasteiger partial charge in [0.1, 0.15) is 5.82 Å². The van der Waals surface area contributed by atoms with E-state index in [4.69, 9.17) is 5.73 Å². The Morgan fingerprint density at radius 1 is 1.35 bits per heavy atom. The molecule has 108 valence electrons. The van der Waals surface area contributed by atoms with Gasteiger partial charge >= 0.3 is 0 Å². The molecule has 0 atom stereocenters. The maximum Gasteiger partial charge on any atom is 0.191 e. The maximum atomic E-state index is 5.63. The molecule has 2 rings (SSSR count). The molecule has 0 saturated carbocycles. The molecule has 0 amide bonds. The zero-order chi connectivity index (χ0) is 13.7. The van der Waals surface area contributed by atoms with E-state index in [1.54, 1.807) is 30.2 Å². The quantitative estimate of drug-likeness (QED) is 0.646. The topological polar surface area (TPSA) is 82.5 Å². The van der Waals surface area contributed by atoms with Gasteiger partial charge in [-0.25, -0.2) is 0 Å². The zero-order valence-corrected chi connectivity index (χ0v) is 12.8. The maximum absolute atomic E-state index is 5.63. The second-order valence-electron chi connectivity index (χ2n) is 3.94. The van der Waals surface area contributed by atoms with Crippen LogP contribution in [0, 0.1) is 6.92 Å². The summed E-state index contributed by atoms with van der Waals surface area (Å²) in [7, 11) is 0. The summed E-state index contributed by atoms with van der Waals surface area (Å²) >= 11 is 1.57. The molecule has 0 unspecified atom stereocenters. The Morgan fingerprint density at radius 2 is 2.15 bits per heavy atom. The Bertz CT molecular complexity index is 554. The van der Waals surface area contributed by atoms with Crippen LogP contribution >= 0.6 is 24.2 Å². The van der Waals surface area contributed by atoms with Crippen molar-refractivity contribution in [1.82, 2.24) is 24.7 Å². The molecule has 2 aromatic rings. The Morgan fingerprint density at radius 3 is 2.75 bits per heavy atom. The van der Waals surface area contributed by atoms with Gasteiger partial charge in [0, 0.05) is 24.7 Å². The first-order valence-electron chi connectivity index (χ1n) is 5.88. The van der Waals surface area contributed by atoms with Crippen LogP contribution < -0.4 is 5.73 Å². The summed E-state index contributed by atoms with van der Waals surface area (Å²) in [5, 5.41) is 9.02. The van der Waals surface area contributed by atoms with Crippen molar-refractivity contribution in [3.05, 3.63) is 42.3 Å². The van der Waals surface area contributed by atoms with E-state index in [2.05, 4.69) is 26.7 Å². The molecule has 2 N–H and O–H groups in total. The lowest BCUT2D eigenvalue weighted by Gasteiger charge is -2.05. The van der Waals surface area contributed by atoms with Crippen molar-refractivity contribution in [1.29, 1.82) is 0 Å². The van der Waals surface area contributed by atoms with Gasteiger partial charge in [0.05, 0.1) is 17.9 Å². The predicted octanol–water partition coefficient (Wildman–Crippen LogP) is 1.74. The molecule has 0 bridgehead atoms. The molecule has 20 heavy (non-hydrogen) atoms. The van der Waals surface area contributed by atoms with Crippen LogP contribution in [0.1, 0.15) is 17.2 Å². The van der Waals surface area contributed by atoms with E-state index in [0.717, 1.165) is 22.4 Å². The van der Waals surface area contributed by atoms with Crippen LogP contribution in [0.4, 0.5) is 0 Å². The van der Waals surface area contributed by atoms with E-state index < -0.39 is 0 Å². The molecule has 0 spiro atoms. The molecule has 0 radical (unpaired) electrons. The number of aromatic nitrogens is 5. The minimum Gasteiger partial charge on any atom is -0.324 e. The Hall–Kier alpha value is -1.44. The first-order valence-corrected chi connectivity index (χ1v) is 6.86. The normalized spacial score (nSPS) is 10.1.